The van der Waals surface area contributed by atoms with E-state index in [1.807, 2.05) is 48.5 Å². The number of benzene rings is 9. The summed E-state index contributed by atoms with van der Waals surface area (Å²) in [5.41, 5.74) is 11.2. The maximum Gasteiger partial charge on any atom is 3.00 e. The molecule has 133 heavy (non-hydrogen) atoms. The molecule has 0 aromatic heterocycles. The average Bonchev–Trinajstić information content (AvgIpc) is 1.30. The SMILES string of the molecule is FC(F)(F)C1CO1.N#Cc1cccc(C2CCc3c(-c4cccc(OC(F)(F)F)c4)cccc3N2CC(O)C(F)(F)F)c1.N#Cc1cccc(C2CCc3c(-c4cccc(OC(F)(F)F)c4)cccc3N2CC(O)C(F)(F)F)c1.N#Cc1cccc(C2CCc3c(cccc3-c3cccc(OC(F)(F)F)c3)N2)c1.O=[S-](=O)OC(F)(F)F.O=[S-](=O)OC(F)(F)F.O=[S-](=O)OC(F)(F)F.[Yb+3]. The van der Waals surface area contributed by atoms with Crippen molar-refractivity contribution >= 4 is 50.0 Å². The van der Waals surface area contributed by atoms with Gasteiger partial charge in [-0.15, -0.1) is 79.0 Å². The molecule has 0 bridgehead atoms. The summed E-state index contributed by atoms with van der Waals surface area (Å²) >= 11 is 0. The minimum absolute atomic E-state index is 0. The maximum atomic E-state index is 13.3. The quantitative estimate of drug-likeness (QED) is 0.0460. The van der Waals surface area contributed by atoms with Crippen LogP contribution in [0.5, 0.6) is 17.2 Å². The van der Waals surface area contributed by atoms with Crippen molar-refractivity contribution in [3.05, 3.63) is 250 Å². The molecule has 1 radical (unpaired) electrons. The number of aliphatic hydroxyl groups is 2. The van der Waals surface area contributed by atoms with Crippen LogP contribution < -0.4 is 29.3 Å². The van der Waals surface area contributed by atoms with Crippen molar-refractivity contribution in [1.29, 1.82) is 15.8 Å². The van der Waals surface area contributed by atoms with Gasteiger partial charge in [0.15, 0.2) is 18.3 Å². The number of nitrogens with one attached hydrogen (secondary N) is 1. The van der Waals surface area contributed by atoms with E-state index in [2.05, 4.69) is 42.9 Å². The number of halogens is 27. The number of rotatable bonds is 16. The van der Waals surface area contributed by atoms with Crippen LogP contribution in [0.15, 0.2) is 200 Å². The Morgan fingerprint density at radius 2 is 0.677 bits per heavy atom. The van der Waals surface area contributed by atoms with Crippen molar-refractivity contribution in [2.45, 2.75) is 132 Å². The molecule has 21 nitrogen and oxygen atoms in total. The second-order valence-electron chi connectivity index (χ2n) is 27.2. The Hall–Kier alpha value is -10.5. The van der Waals surface area contributed by atoms with E-state index in [0.717, 1.165) is 47.4 Å². The first kappa shape index (κ1) is 111. The van der Waals surface area contributed by atoms with Gasteiger partial charge >= 0.3 is 104 Å². The fraction of sp³-hybridized carbons (Fsp3) is 0.296. The van der Waals surface area contributed by atoms with Gasteiger partial charge in [-0.2, -0.15) is 55.3 Å². The van der Waals surface area contributed by atoms with Gasteiger partial charge < -0.3 is 82.1 Å². The van der Waals surface area contributed by atoms with E-state index in [1.54, 1.807) is 115 Å². The van der Waals surface area contributed by atoms with E-state index in [4.69, 9.17) is 30.5 Å². The molecule has 1 saturated heterocycles. The fourth-order valence-electron chi connectivity index (χ4n) is 13.3. The number of ether oxygens (including phenoxy) is 4. The third-order valence-corrected chi connectivity index (χ3v) is 19.2. The predicted molar refractivity (Wildman–Crippen MR) is 408 cm³/mol. The minimum atomic E-state index is -5.09. The van der Waals surface area contributed by atoms with E-state index in [0.29, 0.717) is 104 Å². The van der Waals surface area contributed by atoms with Crippen LogP contribution in [0.1, 0.15) is 87.5 Å². The van der Waals surface area contributed by atoms with Gasteiger partial charge in [-0.25, -0.2) is 0 Å². The Balaban J connectivity index is 0.000000263. The van der Waals surface area contributed by atoms with Crippen LogP contribution in [0.3, 0.4) is 0 Å². The third kappa shape index (κ3) is 37.4. The van der Waals surface area contributed by atoms with Crippen LogP contribution in [0, 0.1) is 80.9 Å². The number of hydrogen-bond donors (Lipinski definition) is 3. The van der Waals surface area contributed by atoms with Gasteiger partial charge in [0.25, 0.3) is 0 Å². The molecule has 6 unspecified atom stereocenters. The van der Waals surface area contributed by atoms with Crippen LogP contribution >= 0.6 is 0 Å². The molecule has 4 heterocycles. The van der Waals surface area contributed by atoms with Crippen molar-refractivity contribution in [3.8, 4) is 68.8 Å². The minimum Gasteiger partial charge on any atom is -0.406 e. The predicted octanol–water partition coefficient (Wildman–Crippen LogP) is 22.5. The molecule has 9 aromatic rings. The molecule has 4 aliphatic rings. The molecule has 1 fully saturated rings. The van der Waals surface area contributed by atoms with Crippen molar-refractivity contribution in [2.24, 2.45) is 0 Å². The number of anilines is 3. The number of nitrogens with zero attached hydrogens (tertiary/aromatic N) is 5. The summed E-state index contributed by atoms with van der Waals surface area (Å²) in [5, 5.41) is 51.0. The summed E-state index contributed by atoms with van der Waals surface area (Å²) in [7, 11) is -10.5. The topological polar surface area (TPSA) is 301 Å². The zero-order valence-corrected chi connectivity index (χ0v) is 70.2. The van der Waals surface area contributed by atoms with Gasteiger partial charge in [-0.1, -0.05) is 109 Å². The number of aliphatic hydroxyl groups excluding tert-OH is 2. The summed E-state index contributed by atoms with van der Waals surface area (Å²) in [4.78, 5) is 2.90. The largest absolute Gasteiger partial charge is 3.00 e. The monoisotopic (exact) mass is 2140 g/mol. The molecule has 9 aromatic carbocycles. The molecule has 0 amide bonds. The number of epoxide rings is 1. The number of alkyl halides is 27. The van der Waals surface area contributed by atoms with Crippen LogP contribution in [0.25, 0.3) is 33.4 Å². The molecular formula is C81H60F27N6O15S3Yb. The Labute approximate surface area is 778 Å². The second-order valence-corrected chi connectivity index (χ2v) is 28.9. The van der Waals surface area contributed by atoms with Crippen LogP contribution in [-0.4, -0.2) is 105 Å². The van der Waals surface area contributed by atoms with Crippen molar-refractivity contribution in [1.82, 2.24) is 0 Å². The average molecular weight is 2140 g/mol. The van der Waals surface area contributed by atoms with E-state index in [1.165, 1.54) is 46.2 Å². The number of β-amino-alcohol motifs (C(OH)–C–C–N with tert-alkyl or cyclic N) is 2. The standard InChI is InChI=1S/2C26H20F6N2O2.C23H17F3N2O.C3H3F3O.3CF3O3S.Yb/c2*27-25(28,29)24(35)15-34-22(18-6-1-4-16(12-18)14-33)11-10-21-20(8-3-9-23(21)34)17-5-2-7-19(13-17)36-26(30,31)32;24-23(25,26)29-18-7-2-5-16(13-18)19-8-3-9-22-20(19)10-11-21(28-22)17-6-1-4-15(12-17)14-27;4-3(5,6)2-1-7-2;3*2-1(3,4)7-8(5)6;/h2*1-9,12-13,22,24,35H,10-11,15H2;1-9,12-13,21,28H,10-11H2;2H,1H2;;;;/q;;;;3*-1;+3. The molecule has 4 aliphatic heterocycles. The number of hydrogen-bond acceptors (Lipinski definition) is 24. The van der Waals surface area contributed by atoms with Crippen molar-refractivity contribution in [2.75, 3.05) is 34.8 Å². The first-order valence-electron chi connectivity index (χ1n) is 36.7. The van der Waals surface area contributed by atoms with Gasteiger partial charge in [0, 0.05) is 17.1 Å². The van der Waals surface area contributed by atoms with Gasteiger partial charge in [-0.05, 0) is 196 Å². The molecule has 0 saturated carbocycles. The second kappa shape index (κ2) is 47.6. The summed E-state index contributed by atoms with van der Waals surface area (Å²) < 4.78 is 401. The van der Waals surface area contributed by atoms with E-state index < -0.39 is 145 Å². The Morgan fingerprint density at radius 3 is 0.955 bits per heavy atom. The zero-order valence-electron chi connectivity index (χ0n) is 66.0. The molecule has 725 valence electrons. The van der Waals surface area contributed by atoms with Gasteiger partial charge in [0.1, 0.15) is 17.2 Å². The summed E-state index contributed by atoms with van der Waals surface area (Å²) in [5.74, 6) is -1.06. The van der Waals surface area contributed by atoms with Crippen LogP contribution in [-0.2, 0) is 94.8 Å². The normalized spacial score (nSPS) is 16.3. The molecule has 0 aliphatic carbocycles. The first-order chi connectivity index (χ1) is 61.2. The zero-order chi connectivity index (χ0) is 98.5. The van der Waals surface area contributed by atoms with Gasteiger partial charge in [0.2, 0.25) is 0 Å². The van der Waals surface area contributed by atoms with Crippen LogP contribution in [0.2, 0.25) is 0 Å². The molecule has 52 heteroatoms. The number of fused-ring (bicyclic) bond motifs is 3. The fourth-order valence-corrected chi connectivity index (χ4v) is 13.7. The Kier molecular flexibility index (Phi) is 39.8. The molecule has 0 spiro atoms. The first-order valence-corrected chi connectivity index (χ1v) is 39.7. The molecular weight excluding hydrogens is 2080 g/mol. The number of nitriles is 3. The van der Waals surface area contributed by atoms with E-state index in [-0.39, 0.29) is 65.3 Å². The molecule has 6 atom stereocenters. The van der Waals surface area contributed by atoms with Crippen LogP contribution in [0.4, 0.5) is 136 Å². The summed E-state index contributed by atoms with van der Waals surface area (Å²) in [6.45, 7) is -1.65. The van der Waals surface area contributed by atoms with E-state index in [9.17, 15) is 139 Å². The Bertz CT molecular complexity index is 5490. The molecule has 13 rings (SSSR count). The molecule has 3 N–H and O–H groups in total. The summed E-state index contributed by atoms with van der Waals surface area (Å²) in [6.07, 6.45) is -47.1. The van der Waals surface area contributed by atoms with Gasteiger partial charge in [0.05, 0.1) is 106 Å². The third-order valence-electron chi connectivity index (χ3n) is 18.2. The van der Waals surface area contributed by atoms with E-state index >= 15 is 0 Å². The smallest absolute Gasteiger partial charge is 0.406 e. The van der Waals surface area contributed by atoms with Crippen molar-refractivity contribution < 1.29 is 232 Å². The summed E-state index contributed by atoms with van der Waals surface area (Å²) in [6, 6.07) is 58.1. The van der Waals surface area contributed by atoms with Gasteiger partial charge in [-0.3, -0.25) is 0 Å². The van der Waals surface area contributed by atoms with Crippen molar-refractivity contribution in [3.63, 3.8) is 0 Å². The maximum absolute atomic E-state index is 13.3. The Morgan fingerprint density at radius 1 is 0.383 bits per heavy atom.